The molecule has 0 amide bonds. The fraction of sp³-hybridized carbons (Fsp3) is 0.318. The van der Waals surface area contributed by atoms with Gasteiger partial charge in [-0.3, -0.25) is 14.4 Å². The van der Waals surface area contributed by atoms with E-state index < -0.39 is 11.9 Å². The van der Waals surface area contributed by atoms with Gasteiger partial charge in [0.05, 0.1) is 5.02 Å². The Kier molecular flexibility index (Phi) is 8.61. The number of hydrogen-bond acceptors (Lipinski definition) is 7. The van der Waals surface area contributed by atoms with Gasteiger partial charge in [0.1, 0.15) is 5.75 Å². The Balaban J connectivity index is 0.00000341. The lowest BCUT2D eigenvalue weighted by molar-refractivity contribution is -0.134. The van der Waals surface area contributed by atoms with Gasteiger partial charge in [0.25, 0.3) is 0 Å². The Morgan fingerprint density at radius 2 is 1.58 bits per heavy atom. The summed E-state index contributed by atoms with van der Waals surface area (Å²) in [6.45, 7) is 5.18. The lowest BCUT2D eigenvalue weighted by atomic mass is 9.87. The molecule has 3 rings (SSSR count). The Bertz CT molecular complexity index is 992. The normalized spacial score (nSPS) is 15.0. The zero-order chi connectivity index (χ0) is 21.8. The molecule has 2 aromatic rings. The summed E-state index contributed by atoms with van der Waals surface area (Å²) in [6.07, 6.45) is 0.616. The van der Waals surface area contributed by atoms with Crippen LogP contribution < -0.4 is 19.5 Å². The van der Waals surface area contributed by atoms with E-state index in [-0.39, 0.29) is 45.4 Å². The fourth-order valence-electron chi connectivity index (χ4n) is 3.50. The molecule has 9 heteroatoms. The van der Waals surface area contributed by atoms with Crippen LogP contribution in [0.2, 0.25) is 5.02 Å². The molecule has 1 aliphatic heterocycles. The first kappa shape index (κ1) is 24.8. The molecule has 7 nitrogen and oxygen atoms in total. The van der Waals surface area contributed by atoms with Crippen LogP contribution in [0.3, 0.4) is 0 Å². The van der Waals surface area contributed by atoms with Gasteiger partial charge in [0.2, 0.25) is 0 Å². The monoisotopic (exact) mass is 511 g/mol. The van der Waals surface area contributed by atoms with Crippen molar-refractivity contribution in [2.75, 3.05) is 13.1 Å². The van der Waals surface area contributed by atoms with Crippen LogP contribution in [0.4, 0.5) is 0 Å². The first-order valence-electron chi connectivity index (χ1n) is 9.47. The second-order valence-corrected chi connectivity index (χ2v) is 7.32. The minimum atomic E-state index is -0.561. The van der Waals surface area contributed by atoms with Crippen LogP contribution >= 0.6 is 28.6 Å². The van der Waals surface area contributed by atoms with Crippen molar-refractivity contribution >= 4 is 46.5 Å². The average molecular weight is 513 g/mol. The summed E-state index contributed by atoms with van der Waals surface area (Å²) in [6, 6.07) is 8.91. The van der Waals surface area contributed by atoms with Crippen molar-refractivity contribution in [3.05, 3.63) is 52.0 Å². The Hall–Kier alpha value is -2.42. The maximum absolute atomic E-state index is 11.6. The van der Waals surface area contributed by atoms with E-state index in [0.717, 1.165) is 16.7 Å². The first-order chi connectivity index (χ1) is 14.3. The first-order valence-corrected chi connectivity index (χ1v) is 9.85. The number of rotatable bonds is 4. The van der Waals surface area contributed by atoms with E-state index in [1.54, 1.807) is 18.2 Å². The van der Waals surface area contributed by atoms with Crippen LogP contribution in [-0.4, -0.2) is 31.0 Å². The largest absolute Gasteiger partial charge is 0.427 e. The van der Waals surface area contributed by atoms with Crippen molar-refractivity contribution in [1.82, 2.24) is 5.32 Å². The third-order valence-corrected chi connectivity index (χ3v) is 5.04. The summed E-state index contributed by atoms with van der Waals surface area (Å²) in [7, 11) is 0. The molecule has 0 radical (unpaired) electrons. The highest BCUT2D eigenvalue weighted by Gasteiger charge is 2.28. The Morgan fingerprint density at radius 3 is 2.16 bits per heavy atom. The maximum atomic E-state index is 11.6. The summed E-state index contributed by atoms with van der Waals surface area (Å²) in [4.78, 5) is 34.3. The van der Waals surface area contributed by atoms with Crippen LogP contribution in [0.25, 0.3) is 0 Å². The topological polar surface area (TPSA) is 90.9 Å². The fourth-order valence-corrected chi connectivity index (χ4v) is 3.84. The van der Waals surface area contributed by atoms with Gasteiger partial charge in [-0.1, -0.05) is 23.7 Å². The Morgan fingerprint density at radius 1 is 0.968 bits per heavy atom. The van der Waals surface area contributed by atoms with Crippen LogP contribution in [0.5, 0.6) is 17.2 Å². The molecule has 0 saturated heterocycles. The zero-order valence-corrected chi connectivity index (χ0v) is 19.8. The van der Waals surface area contributed by atoms with Gasteiger partial charge in [-0.2, -0.15) is 0 Å². The summed E-state index contributed by atoms with van der Waals surface area (Å²) >= 11 is 6.61. The zero-order valence-electron chi connectivity index (χ0n) is 17.3. The molecule has 31 heavy (non-hydrogen) atoms. The number of halogens is 2. The van der Waals surface area contributed by atoms with E-state index in [1.165, 1.54) is 20.8 Å². The molecule has 0 bridgehead atoms. The van der Waals surface area contributed by atoms with Crippen molar-refractivity contribution < 1.29 is 28.6 Å². The average Bonchev–Trinajstić information content (AvgIpc) is 2.87. The predicted molar refractivity (Wildman–Crippen MR) is 121 cm³/mol. The van der Waals surface area contributed by atoms with Crippen molar-refractivity contribution in [3.8, 4) is 17.2 Å². The standard InChI is InChI=1S/C22H22ClNO6.BrH/c1-12(25)28-16-6-4-15(5-7-16)19-11-24-9-8-17-18(19)10-20(29-13(2)26)22(21(17)23)30-14(3)27;/h4-7,10,19,24H,8-9,11H2,1-3H3;1H. The van der Waals surface area contributed by atoms with Gasteiger partial charge in [0.15, 0.2) is 11.5 Å². The van der Waals surface area contributed by atoms with Crippen LogP contribution in [-0.2, 0) is 20.8 Å². The van der Waals surface area contributed by atoms with E-state index in [1.807, 2.05) is 12.1 Å². The van der Waals surface area contributed by atoms with Crippen molar-refractivity contribution in [2.45, 2.75) is 33.1 Å². The SMILES string of the molecule is Br.CC(=O)Oc1ccc(C2CNCCc3c2cc(OC(C)=O)c(OC(C)=O)c3Cl)cc1. The number of esters is 3. The number of carbonyl (C=O) groups is 3. The number of carbonyl (C=O) groups excluding carboxylic acids is 3. The number of ether oxygens (including phenoxy) is 3. The predicted octanol–water partition coefficient (Wildman–Crippen LogP) is 3.97. The number of fused-ring (bicyclic) bond motifs is 1. The van der Waals surface area contributed by atoms with Crippen LogP contribution in [0, 0.1) is 0 Å². The molecule has 1 heterocycles. The third kappa shape index (κ3) is 6.06. The Labute approximate surface area is 195 Å². The maximum Gasteiger partial charge on any atom is 0.308 e. The second kappa shape index (κ2) is 10.7. The molecule has 0 aromatic heterocycles. The van der Waals surface area contributed by atoms with Gasteiger partial charge in [-0.15, -0.1) is 17.0 Å². The number of hydrogen-bond donors (Lipinski definition) is 1. The number of benzene rings is 2. The molecular weight excluding hydrogens is 490 g/mol. The number of nitrogens with one attached hydrogen (secondary N) is 1. The minimum absolute atomic E-state index is 0. The molecule has 0 spiro atoms. The van der Waals surface area contributed by atoms with E-state index in [0.29, 0.717) is 25.3 Å². The van der Waals surface area contributed by atoms with Crippen molar-refractivity contribution in [3.63, 3.8) is 0 Å². The summed E-state index contributed by atoms with van der Waals surface area (Å²) in [5.41, 5.74) is 2.66. The molecule has 0 aliphatic carbocycles. The summed E-state index contributed by atoms with van der Waals surface area (Å²) in [5, 5.41) is 3.63. The molecule has 0 saturated carbocycles. The van der Waals surface area contributed by atoms with Gasteiger partial charge in [-0.25, -0.2) is 0 Å². The van der Waals surface area contributed by atoms with E-state index in [9.17, 15) is 14.4 Å². The lowest BCUT2D eigenvalue weighted by Crippen LogP contribution is -2.21. The van der Waals surface area contributed by atoms with Gasteiger partial charge < -0.3 is 19.5 Å². The molecule has 1 N–H and O–H groups in total. The van der Waals surface area contributed by atoms with Crippen molar-refractivity contribution in [2.24, 2.45) is 0 Å². The van der Waals surface area contributed by atoms with Crippen LogP contribution in [0.1, 0.15) is 43.4 Å². The molecular formula is C22H23BrClNO6. The van der Waals surface area contributed by atoms with E-state index >= 15 is 0 Å². The quantitative estimate of drug-likeness (QED) is 0.490. The van der Waals surface area contributed by atoms with Crippen molar-refractivity contribution in [1.29, 1.82) is 0 Å². The summed E-state index contributed by atoms with van der Waals surface area (Å²) < 4.78 is 15.7. The van der Waals surface area contributed by atoms with Gasteiger partial charge in [-0.05, 0) is 47.9 Å². The minimum Gasteiger partial charge on any atom is -0.427 e. The molecule has 2 aromatic carbocycles. The molecule has 166 valence electrons. The smallest absolute Gasteiger partial charge is 0.308 e. The highest BCUT2D eigenvalue weighted by atomic mass is 79.9. The van der Waals surface area contributed by atoms with Gasteiger partial charge in [0, 0.05) is 33.2 Å². The van der Waals surface area contributed by atoms with E-state index in [2.05, 4.69) is 5.32 Å². The third-order valence-electron chi connectivity index (χ3n) is 4.64. The molecule has 0 fully saturated rings. The highest BCUT2D eigenvalue weighted by molar-refractivity contribution is 8.93. The highest BCUT2D eigenvalue weighted by Crippen LogP contribution is 2.44. The molecule has 1 atom stereocenters. The molecule has 1 aliphatic rings. The summed E-state index contributed by atoms with van der Waals surface area (Å²) in [5.74, 6) is -0.999. The van der Waals surface area contributed by atoms with E-state index in [4.69, 9.17) is 25.8 Å². The second-order valence-electron chi connectivity index (χ2n) is 6.94. The molecule has 1 unspecified atom stereocenters. The van der Waals surface area contributed by atoms with Crippen LogP contribution in [0.15, 0.2) is 30.3 Å². The van der Waals surface area contributed by atoms with Gasteiger partial charge >= 0.3 is 17.9 Å². The lowest BCUT2D eigenvalue weighted by Gasteiger charge is -2.22.